The fraction of sp³-hybridized carbons (Fsp3) is 0.933. The summed E-state index contributed by atoms with van der Waals surface area (Å²) in [7, 11) is 0. The predicted octanol–water partition coefficient (Wildman–Crippen LogP) is 2.49. The van der Waals surface area contributed by atoms with Gasteiger partial charge in [-0.15, -0.1) is 0 Å². The highest BCUT2D eigenvalue weighted by molar-refractivity contribution is 5.74. The van der Waals surface area contributed by atoms with Crippen LogP contribution in [0.4, 0.5) is 4.79 Å². The maximum atomic E-state index is 12.3. The van der Waals surface area contributed by atoms with Crippen LogP contribution in [0.2, 0.25) is 0 Å². The number of nitrogens with zero attached hydrogens (tertiary/aromatic N) is 1. The molecule has 1 heterocycles. The summed E-state index contributed by atoms with van der Waals surface area (Å²) in [4.78, 5) is 14.3. The summed E-state index contributed by atoms with van der Waals surface area (Å²) in [6.45, 7) is 5.04. The van der Waals surface area contributed by atoms with Crippen molar-refractivity contribution in [2.45, 2.75) is 70.4 Å². The molecule has 2 rings (SSSR count). The van der Waals surface area contributed by atoms with Crippen molar-refractivity contribution in [3.8, 4) is 0 Å². The van der Waals surface area contributed by atoms with Gasteiger partial charge in [-0.2, -0.15) is 0 Å². The van der Waals surface area contributed by atoms with Crippen molar-refractivity contribution in [2.24, 2.45) is 0 Å². The van der Waals surface area contributed by atoms with Gasteiger partial charge < -0.3 is 15.5 Å². The summed E-state index contributed by atoms with van der Waals surface area (Å²) in [5, 5.41) is 6.76. The zero-order valence-corrected chi connectivity index (χ0v) is 12.3. The van der Waals surface area contributed by atoms with E-state index in [2.05, 4.69) is 17.6 Å². The van der Waals surface area contributed by atoms with Crippen LogP contribution in [0.3, 0.4) is 0 Å². The highest BCUT2D eigenvalue weighted by Crippen LogP contribution is 2.18. The van der Waals surface area contributed by atoms with Crippen LogP contribution in [0.25, 0.3) is 0 Å². The van der Waals surface area contributed by atoms with Gasteiger partial charge in [-0.3, -0.25) is 0 Å². The minimum Gasteiger partial charge on any atom is -0.335 e. The molecule has 4 nitrogen and oxygen atoms in total. The molecule has 2 fully saturated rings. The summed E-state index contributed by atoms with van der Waals surface area (Å²) in [6.07, 6.45) is 9.68. The molecule has 0 aromatic rings. The summed E-state index contributed by atoms with van der Waals surface area (Å²) in [6, 6.07) is 1.07. The van der Waals surface area contributed by atoms with Crippen molar-refractivity contribution in [2.75, 3.05) is 19.6 Å². The number of hydrogen-bond acceptors (Lipinski definition) is 2. The molecular weight excluding hydrogens is 238 g/mol. The second-order valence-electron chi connectivity index (χ2n) is 6.02. The number of urea groups is 1. The van der Waals surface area contributed by atoms with Gasteiger partial charge in [0.1, 0.15) is 0 Å². The Morgan fingerprint density at radius 1 is 1.11 bits per heavy atom. The molecule has 0 aromatic heterocycles. The van der Waals surface area contributed by atoms with Crippen molar-refractivity contribution in [3.63, 3.8) is 0 Å². The molecule has 1 aliphatic heterocycles. The molecule has 0 spiro atoms. The van der Waals surface area contributed by atoms with Gasteiger partial charge in [0, 0.05) is 25.2 Å². The fourth-order valence-electron chi connectivity index (χ4n) is 3.19. The molecule has 0 bridgehead atoms. The second-order valence-corrected chi connectivity index (χ2v) is 6.02. The summed E-state index contributed by atoms with van der Waals surface area (Å²) in [5.41, 5.74) is 0. The van der Waals surface area contributed by atoms with Gasteiger partial charge in [0.2, 0.25) is 0 Å². The van der Waals surface area contributed by atoms with Gasteiger partial charge >= 0.3 is 6.03 Å². The molecule has 19 heavy (non-hydrogen) atoms. The quantitative estimate of drug-likeness (QED) is 0.822. The maximum Gasteiger partial charge on any atom is 0.317 e. The summed E-state index contributed by atoms with van der Waals surface area (Å²) in [5.74, 6) is 0. The molecule has 2 N–H and O–H groups in total. The Kier molecular flexibility index (Phi) is 5.95. The normalized spacial score (nSPS) is 25.3. The third kappa shape index (κ3) is 4.68. The topological polar surface area (TPSA) is 44.4 Å². The van der Waals surface area contributed by atoms with Gasteiger partial charge in [0.05, 0.1) is 0 Å². The fourth-order valence-corrected chi connectivity index (χ4v) is 3.19. The largest absolute Gasteiger partial charge is 0.335 e. The van der Waals surface area contributed by atoms with Crippen LogP contribution in [0.1, 0.15) is 58.3 Å². The second kappa shape index (κ2) is 7.73. The Bertz CT molecular complexity index is 277. The van der Waals surface area contributed by atoms with Gasteiger partial charge in [-0.25, -0.2) is 4.79 Å². The van der Waals surface area contributed by atoms with E-state index in [9.17, 15) is 4.79 Å². The van der Waals surface area contributed by atoms with E-state index >= 15 is 0 Å². The molecular formula is C15H29N3O. The van der Waals surface area contributed by atoms with E-state index < -0.39 is 0 Å². The lowest BCUT2D eigenvalue weighted by atomic mass is 9.95. The first-order valence-electron chi connectivity index (χ1n) is 8.08. The van der Waals surface area contributed by atoms with Gasteiger partial charge in [-0.05, 0) is 38.6 Å². The molecule has 1 unspecified atom stereocenters. The van der Waals surface area contributed by atoms with Crippen LogP contribution < -0.4 is 10.6 Å². The smallest absolute Gasteiger partial charge is 0.317 e. The number of carbonyl (C=O) groups excluding carboxylic acids is 1. The number of likely N-dealkylation sites (tertiary alicyclic amines) is 1. The first-order chi connectivity index (χ1) is 9.29. The molecule has 1 saturated heterocycles. The number of amides is 2. The first-order valence-corrected chi connectivity index (χ1v) is 8.08. The average molecular weight is 267 g/mol. The number of rotatable bonds is 4. The van der Waals surface area contributed by atoms with Crippen LogP contribution in [-0.2, 0) is 0 Å². The monoisotopic (exact) mass is 267 g/mol. The lowest BCUT2D eigenvalue weighted by Gasteiger charge is -2.35. The van der Waals surface area contributed by atoms with Crippen LogP contribution in [0.15, 0.2) is 0 Å². The lowest BCUT2D eigenvalue weighted by Crippen LogP contribution is -2.53. The number of carbonyl (C=O) groups is 1. The predicted molar refractivity (Wildman–Crippen MR) is 78.3 cm³/mol. The number of nitrogens with one attached hydrogen (secondary N) is 2. The first kappa shape index (κ1) is 14.6. The minimum atomic E-state index is 0.162. The van der Waals surface area contributed by atoms with Crippen molar-refractivity contribution >= 4 is 6.03 Å². The van der Waals surface area contributed by atoms with Crippen molar-refractivity contribution < 1.29 is 4.79 Å². The third-order valence-electron chi connectivity index (χ3n) is 4.32. The van der Waals surface area contributed by atoms with E-state index in [1.165, 1.54) is 25.7 Å². The Labute approximate surface area is 117 Å². The molecule has 110 valence electrons. The van der Waals surface area contributed by atoms with Gasteiger partial charge in [0.25, 0.3) is 0 Å². The Morgan fingerprint density at radius 2 is 1.84 bits per heavy atom. The van der Waals surface area contributed by atoms with Crippen LogP contribution in [-0.4, -0.2) is 42.6 Å². The third-order valence-corrected chi connectivity index (χ3v) is 4.32. The summed E-state index contributed by atoms with van der Waals surface area (Å²) >= 11 is 0. The SMILES string of the molecule is CCCNC1CCCN(C(=O)NC2CCCCC2)C1. The Hall–Kier alpha value is -0.770. The number of hydrogen-bond donors (Lipinski definition) is 2. The summed E-state index contributed by atoms with van der Waals surface area (Å²) < 4.78 is 0. The van der Waals surface area contributed by atoms with Crippen LogP contribution in [0, 0.1) is 0 Å². The molecule has 4 heteroatoms. The molecule has 0 radical (unpaired) electrons. The average Bonchev–Trinajstić information content (AvgIpc) is 2.46. The highest BCUT2D eigenvalue weighted by Gasteiger charge is 2.25. The Morgan fingerprint density at radius 3 is 2.58 bits per heavy atom. The van der Waals surface area contributed by atoms with Crippen molar-refractivity contribution in [1.29, 1.82) is 0 Å². The van der Waals surface area contributed by atoms with Crippen LogP contribution in [0.5, 0.6) is 0 Å². The van der Waals surface area contributed by atoms with Crippen LogP contribution >= 0.6 is 0 Å². The lowest BCUT2D eigenvalue weighted by molar-refractivity contribution is 0.167. The molecule has 2 amide bonds. The zero-order chi connectivity index (χ0) is 13.5. The van der Waals surface area contributed by atoms with E-state index in [4.69, 9.17) is 0 Å². The molecule has 1 saturated carbocycles. The minimum absolute atomic E-state index is 0.162. The van der Waals surface area contributed by atoms with E-state index in [0.29, 0.717) is 12.1 Å². The molecule has 1 aliphatic carbocycles. The zero-order valence-electron chi connectivity index (χ0n) is 12.3. The van der Waals surface area contributed by atoms with E-state index in [0.717, 1.165) is 45.3 Å². The van der Waals surface area contributed by atoms with E-state index in [1.54, 1.807) is 0 Å². The van der Waals surface area contributed by atoms with Crippen molar-refractivity contribution in [1.82, 2.24) is 15.5 Å². The van der Waals surface area contributed by atoms with E-state index in [-0.39, 0.29) is 6.03 Å². The molecule has 0 aromatic carbocycles. The van der Waals surface area contributed by atoms with Gasteiger partial charge in [0.15, 0.2) is 0 Å². The standard InChI is InChI=1S/C15H29N3O/c1-2-10-16-14-9-6-11-18(12-14)15(19)17-13-7-4-3-5-8-13/h13-14,16H,2-12H2,1H3,(H,17,19). The Balaban J connectivity index is 1.74. The number of piperidine rings is 1. The van der Waals surface area contributed by atoms with Crippen molar-refractivity contribution in [3.05, 3.63) is 0 Å². The van der Waals surface area contributed by atoms with E-state index in [1.807, 2.05) is 4.90 Å². The maximum absolute atomic E-state index is 12.3. The van der Waals surface area contributed by atoms with Gasteiger partial charge in [-0.1, -0.05) is 26.2 Å². The molecule has 2 aliphatic rings. The highest BCUT2D eigenvalue weighted by atomic mass is 16.2. The molecule has 1 atom stereocenters.